The molecule has 0 bridgehead atoms. The molecular weight excluding hydrogens is 316 g/mol. The molecule has 0 saturated carbocycles. The molecule has 0 spiro atoms. The van der Waals surface area contributed by atoms with Crippen LogP contribution in [-0.2, 0) is 6.54 Å². The van der Waals surface area contributed by atoms with Crippen LogP contribution >= 0.6 is 12.4 Å². The van der Waals surface area contributed by atoms with Gasteiger partial charge in [-0.05, 0) is 25.5 Å². The summed E-state index contributed by atoms with van der Waals surface area (Å²) in [5.74, 6) is 1.21. The van der Waals surface area contributed by atoms with Crippen LogP contribution in [0.4, 0.5) is 0 Å². The second-order valence-corrected chi connectivity index (χ2v) is 4.91. The highest BCUT2D eigenvalue weighted by Crippen LogP contribution is 2.27. The molecule has 0 fully saturated rings. The molecule has 1 aromatic carbocycles. The number of amides is 1. The van der Waals surface area contributed by atoms with Crippen LogP contribution in [0.15, 0.2) is 41.0 Å². The maximum atomic E-state index is 12.3. The van der Waals surface area contributed by atoms with E-state index in [1.165, 1.54) is 6.26 Å². The zero-order chi connectivity index (χ0) is 15.9. The van der Waals surface area contributed by atoms with Crippen LogP contribution in [-0.4, -0.2) is 12.5 Å². The average molecular weight is 339 g/mol. The van der Waals surface area contributed by atoms with E-state index in [1.807, 2.05) is 38.1 Å². The Hall–Kier alpha value is -1.98. The van der Waals surface area contributed by atoms with Crippen molar-refractivity contribution in [3.05, 3.63) is 53.5 Å². The largest absolute Gasteiger partial charge is 0.494 e. The number of rotatable bonds is 7. The van der Waals surface area contributed by atoms with E-state index in [0.29, 0.717) is 17.9 Å². The Kier molecular flexibility index (Phi) is 7.65. The van der Waals surface area contributed by atoms with E-state index in [1.54, 1.807) is 6.07 Å². The van der Waals surface area contributed by atoms with Crippen molar-refractivity contribution in [1.82, 2.24) is 5.32 Å². The van der Waals surface area contributed by atoms with Crippen molar-refractivity contribution >= 4 is 18.3 Å². The van der Waals surface area contributed by atoms with Gasteiger partial charge in [-0.15, -0.1) is 12.4 Å². The SMILES string of the molecule is CCOc1ccccc1C(CC)NC(=O)c1coc(CN)c1.Cl. The van der Waals surface area contributed by atoms with Crippen LogP contribution in [0.5, 0.6) is 5.75 Å². The predicted octanol–water partition coefficient (Wildman–Crippen LogP) is 3.44. The summed E-state index contributed by atoms with van der Waals surface area (Å²) in [6.45, 7) is 4.82. The molecule has 0 aliphatic carbocycles. The molecule has 0 aliphatic rings. The number of carbonyl (C=O) groups is 1. The Morgan fingerprint density at radius 3 is 2.70 bits per heavy atom. The molecule has 2 aromatic rings. The summed E-state index contributed by atoms with van der Waals surface area (Å²) >= 11 is 0. The highest BCUT2D eigenvalue weighted by atomic mass is 35.5. The Morgan fingerprint density at radius 2 is 2.09 bits per heavy atom. The van der Waals surface area contributed by atoms with Gasteiger partial charge in [0.15, 0.2) is 0 Å². The number of carbonyl (C=O) groups excluding carboxylic acids is 1. The standard InChI is InChI=1S/C17H22N2O3.ClH/c1-3-15(14-7-5-6-8-16(14)21-4-2)19-17(20)12-9-13(10-18)22-11-12;/h5-9,11,15H,3-4,10,18H2,1-2H3,(H,19,20);1H. The number of hydrogen-bond donors (Lipinski definition) is 2. The van der Waals surface area contributed by atoms with E-state index < -0.39 is 0 Å². The third-order valence-electron chi connectivity index (χ3n) is 3.42. The van der Waals surface area contributed by atoms with Gasteiger partial charge in [0.2, 0.25) is 0 Å². The van der Waals surface area contributed by atoms with E-state index in [-0.39, 0.29) is 30.9 Å². The molecular formula is C17H23ClN2O3. The van der Waals surface area contributed by atoms with Crippen molar-refractivity contribution in [3.8, 4) is 5.75 Å². The molecule has 1 aromatic heterocycles. The van der Waals surface area contributed by atoms with Gasteiger partial charge in [0.25, 0.3) is 5.91 Å². The lowest BCUT2D eigenvalue weighted by molar-refractivity contribution is 0.0934. The van der Waals surface area contributed by atoms with Crippen molar-refractivity contribution in [2.45, 2.75) is 32.9 Å². The van der Waals surface area contributed by atoms with Crippen LogP contribution in [0, 0.1) is 0 Å². The molecule has 1 atom stereocenters. The Labute approximate surface area is 142 Å². The molecule has 5 nitrogen and oxygen atoms in total. The zero-order valence-electron chi connectivity index (χ0n) is 13.4. The molecule has 0 radical (unpaired) electrons. The molecule has 1 unspecified atom stereocenters. The third-order valence-corrected chi connectivity index (χ3v) is 3.42. The van der Waals surface area contributed by atoms with Gasteiger partial charge >= 0.3 is 0 Å². The van der Waals surface area contributed by atoms with Gasteiger partial charge in [-0.1, -0.05) is 25.1 Å². The second kappa shape index (κ2) is 9.22. The van der Waals surface area contributed by atoms with Crippen molar-refractivity contribution < 1.29 is 13.9 Å². The lowest BCUT2D eigenvalue weighted by atomic mass is 10.0. The molecule has 2 rings (SSSR count). The van der Waals surface area contributed by atoms with Gasteiger partial charge < -0.3 is 20.2 Å². The normalized spacial score (nSPS) is 11.4. The highest BCUT2D eigenvalue weighted by molar-refractivity contribution is 5.94. The maximum absolute atomic E-state index is 12.3. The van der Waals surface area contributed by atoms with Crippen LogP contribution in [0.2, 0.25) is 0 Å². The lowest BCUT2D eigenvalue weighted by Crippen LogP contribution is -2.28. The summed E-state index contributed by atoms with van der Waals surface area (Å²) in [5, 5.41) is 3.02. The molecule has 3 N–H and O–H groups in total. The minimum Gasteiger partial charge on any atom is -0.494 e. The van der Waals surface area contributed by atoms with E-state index in [2.05, 4.69) is 5.32 Å². The van der Waals surface area contributed by atoms with Crippen LogP contribution in [0.25, 0.3) is 0 Å². The van der Waals surface area contributed by atoms with Gasteiger partial charge in [0.1, 0.15) is 17.8 Å². The molecule has 126 valence electrons. The van der Waals surface area contributed by atoms with Crippen LogP contribution < -0.4 is 15.8 Å². The monoisotopic (exact) mass is 338 g/mol. The lowest BCUT2D eigenvalue weighted by Gasteiger charge is -2.20. The number of para-hydroxylation sites is 1. The molecule has 23 heavy (non-hydrogen) atoms. The van der Waals surface area contributed by atoms with Crippen molar-refractivity contribution in [3.63, 3.8) is 0 Å². The fourth-order valence-electron chi connectivity index (χ4n) is 2.30. The summed E-state index contributed by atoms with van der Waals surface area (Å²) in [6.07, 6.45) is 2.19. The molecule has 0 aliphatic heterocycles. The number of hydrogen-bond acceptors (Lipinski definition) is 4. The Bertz CT molecular complexity index is 628. The number of furan rings is 1. The number of ether oxygens (including phenoxy) is 1. The summed E-state index contributed by atoms with van der Waals surface area (Å²) in [4.78, 5) is 12.3. The zero-order valence-corrected chi connectivity index (χ0v) is 14.2. The summed E-state index contributed by atoms with van der Waals surface area (Å²) in [6, 6.07) is 9.30. The second-order valence-electron chi connectivity index (χ2n) is 4.91. The topological polar surface area (TPSA) is 77.5 Å². The first-order chi connectivity index (χ1) is 10.7. The quantitative estimate of drug-likeness (QED) is 0.810. The fourth-order valence-corrected chi connectivity index (χ4v) is 2.30. The van der Waals surface area contributed by atoms with Crippen molar-refractivity contribution in [2.75, 3.05) is 6.61 Å². The Balaban J connectivity index is 0.00000264. The summed E-state index contributed by atoms with van der Waals surface area (Å²) in [5.41, 5.74) is 6.95. The molecule has 0 saturated heterocycles. The van der Waals surface area contributed by atoms with E-state index >= 15 is 0 Å². The predicted molar refractivity (Wildman–Crippen MR) is 92.0 cm³/mol. The number of nitrogens with two attached hydrogens (primary N) is 1. The summed E-state index contributed by atoms with van der Waals surface area (Å²) < 4.78 is 10.8. The first-order valence-electron chi connectivity index (χ1n) is 7.49. The minimum absolute atomic E-state index is 0. The fraction of sp³-hybridized carbons (Fsp3) is 0.353. The van der Waals surface area contributed by atoms with E-state index in [9.17, 15) is 4.79 Å². The highest BCUT2D eigenvalue weighted by Gasteiger charge is 2.18. The number of nitrogens with one attached hydrogen (secondary N) is 1. The smallest absolute Gasteiger partial charge is 0.255 e. The van der Waals surface area contributed by atoms with Gasteiger partial charge in [0, 0.05) is 5.56 Å². The Morgan fingerprint density at radius 1 is 1.35 bits per heavy atom. The molecule has 1 amide bonds. The molecule has 1 heterocycles. The number of benzene rings is 1. The van der Waals surface area contributed by atoms with Gasteiger partial charge in [-0.2, -0.15) is 0 Å². The van der Waals surface area contributed by atoms with Crippen LogP contribution in [0.3, 0.4) is 0 Å². The maximum Gasteiger partial charge on any atom is 0.255 e. The van der Waals surface area contributed by atoms with Gasteiger partial charge in [0.05, 0.1) is 24.8 Å². The van der Waals surface area contributed by atoms with E-state index in [0.717, 1.165) is 17.7 Å². The van der Waals surface area contributed by atoms with Crippen molar-refractivity contribution in [2.24, 2.45) is 5.73 Å². The van der Waals surface area contributed by atoms with Crippen LogP contribution in [0.1, 0.15) is 48.0 Å². The van der Waals surface area contributed by atoms with E-state index in [4.69, 9.17) is 14.9 Å². The first kappa shape index (κ1) is 19.1. The average Bonchev–Trinajstić information content (AvgIpc) is 3.03. The number of halogens is 1. The minimum atomic E-state index is -0.179. The van der Waals surface area contributed by atoms with Gasteiger partial charge in [-0.3, -0.25) is 4.79 Å². The molecule has 6 heteroatoms. The van der Waals surface area contributed by atoms with Gasteiger partial charge in [-0.25, -0.2) is 0 Å². The first-order valence-corrected chi connectivity index (χ1v) is 7.49. The third kappa shape index (κ3) is 4.74. The van der Waals surface area contributed by atoms with Crippen molar-refractivity contribution in [1.29, 1.82) is 0 Å². The summed E-state index contributed by atoms with van der Waals surface area (Å²) in [7, 11) is 0.